The highest BCUT2D eigenvalue weighted by atomic mass is 32.2. The summed E-state index contributed by atoms with van der Waals surface area (Å²) in [5.74, 6) is 0.0765. The molecule has 0 aliphatic heterocycles. The van der Waals surface area contributed by atoms with E-state index in [9.17, 15) is 10.1 Å². The predicted octanol–water partition coefficient (Wildman–Crippen LogP) is 3.64. The van der Waals surface area contributed by atoms with Gasteiger partial charge in [-0.15, -0.1) is 0 Å². The van der Waals surface area contributed by atoms with Crippen molar-refractivity contribution < 1.29 is 4.79 Å². The summed E-state index contributed by atoms with van der Waals surface area (Å²) in [5, 5.41) is 12.9. The van der Waals surface area contributed by atoms with E-state index in [1.807, 2.05) is 24.6 Å². The first-order valence-electron chi connectivity index (χ1n) is 8.22. The van der Waals surface area contributed by atoms with Gasteiger partial charge in [0.05, 0.1) is 11.8 Å². The van der Waals surface area contributed by atoms with Crippen LogP contribution in [0.5, 0.6) is 0 Å². The van der Waals surface area contributed by atoms with E-state index in [1.54, 1.807) is 13.1 Å². The molecular formula is C19H24N4OS. The molecule has 2 rings (SSSR count). The van der Waals surface area contributed by atoms with Gasteiger partial charge in [-0.05, 0) is 49.9 Å². The van der Waals surface area contributed by atoms with Crippen molar-refractivity contribution in [1.82, 2.24) is 14.9 Å². The number of nitrogens with one attached hydrogen (secondary N) is 1. The molecule has 132 valence electrons. The van der Waals surface area contributed by atoms with Crippen LogP contribution < -0.4 is 5.32 Å². The number of nitriles is 1. The molecule has 0 unspecified atom stereocenters. The minimum Gasteiger partial charge on any atom is -0.337 e. The fraction of sp³-hybridized carbons (Fsp3) is 0.421. The zero-order valence-corrected chi connectivity index (χ0v) is 16.1. The summed E-state index contributed by atoms with van der Waals surface area (Å²) in [5.41, 5.74) is 2.53. The third kappa shape index (κ3) is 4.64. The molecule has 0 aliphatic carbocycles. The average molecular weight is 356 g/mol. The van der Waals surface area contributed by atoms with E-state index < -0.39 is 5.54 Å². The highest BCUT2D eigenvalue weighted by molar-refractivity contribution is 7.99. The first kappa shape index (κ1) is 19.1. The van der Waals surface area contributed by atoms with Gasteiger partial charge in [0.15, 0.2) is 5.16 Å². The quantitative estimate of drug-likeness (QED) is 0.802. The Morgan fingerprint density at radius 2 is 2.00 bits per heavy atom. The van der Waals surface area contributed by atoms with Crippen LogP contribution >= 0.6 is 11.8 Å². The van der Waals surface area contributed by atoms with Crippen molar-refractivity contribution in [1.29, 1.82) is 5.26 Å². The van der Waals surface area contributed by atoms with E-state index in [2.05, 4.69) is 48.4 Å². The number of carbonyl (C=O) groups excluding carboxylic acids is 1. The number of hydrogen-bond acceptors (Lipinski definition) is 4. The summed E-state index contributed by atoms with van der Waals surface area (Å²) in [6.45, 7) is 9.70. The van der Waals surface area contributed by atoms with Crippen LogP contribution in [-0.4, -0.2) is 26.8 Å². The van der Waals surface area contributed by atoms with Crippen molar-refractivity contribution >= 4 is 17.7 Å². The Balaban J connectivity index is 2.09. The van der Waals surface area contributed by atoms with Gasteiger partial charge in [-0.25, -0.2) is 4.98 Å². The van der Waals surface area contributed by atoms with Crippen LogP contribution in [-0.2, 0) is 4.79 Å². The number of hydrogen-bond donors (Lipinski definition) is 1. The number of aromatic nitrogens is 2. The highest BCUT2D eigenvalue weighted by Crippen LogP contribution is 2.23. The van der Waals surface area contributed by atoms with Gasteiger partial charge in [0.1, 0.15) is 5.54 Å². The third-order valence-corrected chi connectivity index (χ3v) is 5.18. The van der Waals surface area contributed by atoms with Crippen molar-refractivity contribution in [2.24, 2.45) is 5.92 Å². The number of imidazole rings is 1. The van der Waals surface area contributed by atoms with Crippen molar-refractivity contribution in [3.63, 3.8) is 0 Å². The second-order valence-electron chi connectivity index (χ2n) is 6.73. The SMILES string of the molecule is Cc1cc(C)cc(-n2ccnc2SCC(=O)N[C@@](C)(C#N)C(C)C)c1. The Morgan fingerprint density at radius 3 is 2.56 bits per heavy atom. The van der Waals surface area contributed by atoms with Crippen LogP contribution in [0.2, 0.25) is 0 Å². The van der Waals surface area contributed by atoms with Gasteiger partial charge in [0.25, 0.3) is 0 Å². The summed E-state index contributed by atoms with van der Waals surface area (Å²) in [6, 6.07) is 8.49. The Kier molecular flexibility index (Phi) is 5.91. The molecule has 0 bridgehead atoms. The zero-order chi connectivity index (χ0) is 18.6. The molecule has 0 aliphatic rings. The summed E-state index contributed by atoms with van der Waals surface area (Å²) < 4.78 is 1.98. The lowest BCUT2D eigenvalue weighted by atomic mass is 9.90. The second-order valence-corrected chi connectivity index (χ2v) is 7.67. The Labute approximate surface area is 153 Å². The molecule has 1 atom stereocenters. The molecule has 2 aromatic rings. The lowest BCUT2D eigenvalue weighted by molar-refractivity contribution is -0.120. The van der Waals surface area contributed by atoms with Gasteiger partial charge in [0.2, 0.25) is 5.91 Å². The van der Waals surface area contributed by atoms with Crippen LogP contribution in [0.4, 0.5) is 0 Å². The molecule has 1 aromatic carbocycles. The van der Waals surface area contributed by atoms with E-state index in [-0.39, 0.29) is 17.6 Å². The van der Waals surface area contributed by atoms with E-state index in [0.29, 0.717) is 0 Å². The molecular weight excluding hydrogens is 332 g/mol. The zero-order valence-electron chi connectivity index (χ0n) is 15.3. The second kappa shape index (κ2) is 7.75. The normalized spacial score (nSPS) is 13.3. The van der Waals surface area contributed by atoms with Crippen molar-refractivity contribution in [2.75, 3.05) is 5.75 Å². The monoisotopic (exact) mass is 356 g/mol. The van der Waals surface area contributed by atoms with Crippen LogP contribution in [0, 0.1) is 31.1 Å². The number of amides is 1. The molecule has 1 heterocycles. The first-order chi connectivity index (χ1) is 11.7. The van der Waals surface area contributed by atoms with Crippen LogP contribution in [0.15, 0.2) is 35.7 Å². The largest absolute Gasteiger partial charge is 0.337 e. The molecule has 5 nitrogen and oxygen atoms in total. The number of thioether (sulfide) groups is 1. The van der Waals surface area contributed by atoms with Crippen LogP contribution in [0.25, 0.3) is 5.69 Å². The average Bonchev–Trinajstić information content (AvgIpc) is 3.00. The van der Waals surface area contributed by atoms with Gasteiger partial charge < -0.3 is 5.32 Å². The fourth-order valence-electron chi connectivity index (χ4n) is 2.44. The molecule has 1 aromatic heterocycles. The van der Waals surface area contributed by atoms with Crippen molar-refractivity contribution in [3.05, 3.63) is 41.7 Å². The van der Waals surface area contributed by atoms with Gasteiger partial charge in [-0.2, -0.15) is 5.26 Å². The van der Waals surface area contributed by atoms with E-state index >= 15 is 0 Å². The summed E-state index contributed by atoms with van der Waals surface area (Å²) >= 11 is 1.36. The maximum Gasteiger partial charge on any atom is 0.231 e. The molecule has 0 saturated carbocycles. The number of rotatable bonds is 6. The van der Waals surface area contributed by atoms with Crippen LogP contribution in [0.3, 0.4) is 0 Å². The van der Waals surface area contributed by atoms with Gasteiger partial charge >= 0.3 is 0 Å². The third-order valence-electron chi connectivity index (χ3n) is 4.21. The number of benzene rings is 1. The Bertz CT molecular complexity index is 786. The van der Waals surface area contributed by atoms with E-state index in [1.165, 1.54) is 22.9 Å². The molecule has 6 heteroatoms. The lowest BCUT2D eigenvalue weighted by Gasteiger charge is -2.27. The standard InChI is InChI=1S/C19H24N4OS/c1-13(2)19(5,12-20)22-17(24)11-25-18-21-6-7-23(18)16-9-14(3)8-15(4)10-16/h6-10,13H,11H2,1-5H3,(H,22,24)/t19-/m0/s1. The molecule has 0 radical (unpaired) electrons. The van der Waals surface area contributed by atoms with Crippen molar-refractivity contribution in [2.45, 2.75) is 45.3 Å². The Morgan fingerprint density at radius 1 is 1.36 bits per heavy atom. The first-order valence-corrected chi connectivity index (χ1v) is 9.21. The molecule has 0 fully saturated rings. The molecule has 0 spiro atoms. The number of nitrogens with zero attached hydrogens (tertiary/aromatic N) is 3. The highest BCUT2D eigenvalue weighted by Gasteiger charge is 2.29. The maximum absolute atomic E-state index is 12.3. The van der Waals surface area contributed by atoms with Crippen molar-refractivity contribution in [3.8, 4) is 11.8 Å². The minimum absolute atomic E-state index is 0.0312. The van der Waals surface area contributed by atoms with Gasteiger partial charge in [0, 0.05) is 18.1 Å². The van der Waals surface area contributed by atoms with Gasteiger partial charge in [-0.3, -0.25) is 9.36 Å². The smallest absolute Gasteiger partial charge is 0.231 e. The van der Waals surface area contributed by atoms with E-state index in [0.717, 1.165) is 10.8 Å². The topological polar surface area (TPSA) is 70.7 Å². The fourth-order valence-corrected chi connectivity index (χ4v) is 3.21. The minimum atomic E-state index is -0.860. The number of carbonyl (C=O) groups is 1. The Hall–Kier alpha value is -2.26. The van der Waals surface area contributed by atoms with Gasteiger partial charge in [-0.1, -0.05) is 31.7 Å². The lowest BCUT2D eigenvalue weighted by Crippen LogP contribution is -2.49. The molecule has 0 saturated heterocycles. The summed E-state index contributed by atoms with van der Waals surface area (Å²) in [4.78, 5) is 16.6. The summed E-state index contributed by atoms with van der Waals surface area (Å²) in [6.07, 6.45) is 3.62. The predicted molar refractivity (Wildman–Crippen MR) is 101 cm³/mol. The summed E-state index contributed by atoms with van der Waals surface area (Å²) in [7, 11) is 0. The van der Waals surface area contributed by atoms with Crippen LogP contribution in [0.1, 0.15) is 31.9 Å². The molecule has 1 amide bonds. The molecule has 1 N–H and O–H groups in total. The van der Waals surface area contributed by atoms with E-state index in [4.69, 9.17) is 0 Å². The molecule has 25 heavy (non-hydrogen) atoms. The number of aryl methyl sites for hydroxylation is 2. The maximum atomic E-state index is 12.3.